The molecule has 0 aliphatic carbocycles. The normalized spacial score (nSPS) is 19.1. The van der Waals surface area contributed by atoms with Crippen molar-refractivity contribution in [3.63, 3.8) is 0 Å². The minimum Gasteiger partial charge on any atom is -0.406 e. The fraction of sp³-hybridized carbons (Fsp3) is 0.300. The van der Waals surface area contributed by atoms with Gasteiger partial charge in [0.05, 0.1) is 4.90 Å². The smallest absolute Gasteiger partial charge is 0.406 e. The van der Waals surface area contributed by atoms with Crippen LogP contribution in [0.25, 0.3) is 21.9 Å². The Morgan fingerprint density at radius 1 is 0.878 bits per heavy atom. The van der Waals surface area contributed by atoms with Gasteiger partial charge in [-0.3, -0.25) is 4.79 Å². The van der Waals surface area contributed by atoms with Crippen LogP contribution in [0.4, 0.5) is 18.9 Å². The number of hydrogen-bond acceptors (Lipinski definition) is 5. The van der Waals surface area contributed by atoms with E-state index in [1.807, 2.05) is 43.3 Å². The van der Waals surface area contributed by atoms with E-state index in [4.69, 9.17) is 0 Å². The highest BCUT2D eigenvalue weighted by molar-refractivity contribution is 7.89. The Bertz CT molecular complexity index is 1800. The molecular weight excluding hydrogens is 555 g/mol. The standard InChI is InChI=1S/C30H28F3N3O4S/c1-34(2)26-7-3-6-25-24(26)5-4-8-27(25)41(38,39)35-16-19-15-21(18-35)29-23(13-14-28(37)36(29)17-19)20-9-11-22(12-10-20)40-30(31,32)33/h3-14,19,21H,15-18H2,1-2H3/t19-,21+/m0/s1. The molecule has 2 bridgehead atoms. The van der Waals surface area contributed by atoms with Gasteiger partial charge in [-0.05, 0) is 48.2 Å². The molecule has 2 atom stereocenters. The first kappa shape index (κ1) is 27.3. The van der Waals surface area contributed by atoms with Crippen LogP contribution in [0.5, 0.6) is 5.75 Å². The maximum absolute atomic E-state index is 14.1. The van der Waals surface area contributed by atoms with E-state index in [9.17, 15) is 26.4 Å². The largest absolute Gasteiger partial charge is 0.573 e. The molecule has 1 aromatic heterocycles. The van der Waals surface area contributed by atoms with Gasteiger partial charge < -0.3 is 14.2 Å². The number of anilines is 1. The van der Waals surface area contributed by atoms with Gasteiger partial charge in [-0.2, -0.15) is 4.31 Å². The van der Waals surface area contributed by atoms with Crippen LogP contribution in [-0.4, -0.2) is 50.8 Å². The number of halogens is 3. The van der Waals surface area contributed by atoms with Crippen LogP contribution < -0.4 is 15.2 Å². The Morgan fingerprint density at radius 2 is 1.59 bits per heavy atom. The van der Waals surface area contributed by atoms with Crippen LogP contribution in [0.1, 0.15) is 18.0 Å². The minimum atomic E-state index is -4.80. The lowest BCUT2D eigenvalue weighted by atomic mass is 9.81. The van der Waals surface area contributed by atoms with Crippen molar-refractivity contribution in [2.45, 2.75) is 30.1 Å². The fourth-order valence-corrected chi connectivity index (χ4v) is 8.03. The van der Waals surface area contributed by atoms with Gasteiger partial charge >= 0.3 is 6.36 Å². The fourth-order valence-electron chi connectivity index (χ4n) is 6.27. The monoisotopic (exact) mass is 583 g/mol. The van der Waals surface area contributed by atoms with Crippen molar-refractivity contribution in [2.75, 3.05) is 32.1 Å². The van der Waals surface area contributed by atoms with Crippen molar-refractivity contribution in [3.8, 4) is 16.9 Å². The van der Waals surface area contributed by atoms with E-state index in [0.29, 0.717) is 41.7 Å². The van der Waals surface area contributed by atoms with Gasteiger partial charge in [-0.1, -0.05) is 36.4 Å². The molecule has 2 aliphatic heterocycles. The van der Waals surface area contributed by atoms with Crippen LogP contribution >= 0.6 is 0 Å². The lowest BCUT2D eigenvalue weighted by Crippen LogP contribution is -2.49. The second-order valence-electron chi connectivity index (χ2n) is 10.8. The maximum atomic E-state index is 14.1. The van der Waals surface area contributed by atoms with Crippen molar-refractivity contribution >= 4 is 26.5 Å². The third kappa shape index (κ3) is 4.97. The number of nitrogens with zero attached hydrogens (tertiary/aromatic N) is 3. The Kier molecular flexibility index (Phi) is 6.61. The molecular formula is C30H28F3N3O4S. The van der Waals surface area contributed by atoms with E-state index in [1.165, 1.54) is 34.6 Å². The highest BCUT2D eigenvalue weighted by atomic mass is 32.2. The number of alkyl halides is 3. The molecule has 41 heavy (non-hydrogen) atoms. The summed E-state index contributed by atoms with van der Waals surface area (Å²) < 4.78 is 73.5. The number of pyridine rings is 1. The van der Waals surface area contributed by atoms with E-state index in [0.717, 1.165) is 11.1 Å². The molecule has 0 spiro atoms. The highest BCUT2D eigenvalue weighted by Gasteiger charge is 2.41. The minimum absolute atomic E-state index is 0.0566. The first-order valence-electron chi connectivity index (χ1n) is 13.2. The average Bonchev–Trinajstić information content (AvgIpc) is 2.92. The second-order valence-corrected chi connectivity index (χ2v) is 12.7. The van der Waals surface area contributed by atoms with Gasteiger partial charge in [0.15, 0.2) is 0 Å². The first-order chi connectivity index (χ1) is 19.4. The van der Waals surface area contributed by atoms with Crippen molar-refractivity contribution in [3.05, 3.63) is 88.8 Å². The average molecular weight is 584 g/mol. The molecule has 4 aromatic rings. The molecule has 3 aromatic carbocycles. The Balaban J connectivity index is 1.38. The van der Waals surface area contributed by atoms with Gasteiger partial charge in [0.25, 0.3) is 5.56 Å². The molecule has 11 heteroatoms. The molecule has 3 heterocycles. The summed E-state index contributed by atoms with van der Waals surface area (Å²) in [6.07, 6.45) is -4.09. The van der Waals surface area contributed by atoms with Crippen LogP contribution in [0.15, 0.2) is 82.5 Å². The van der Waals surface area contributed by atoms with Crippen LogP contribution in [-0.2, 0) is 16.6 Å². The molecule has 6 rings (SSSR count). The highest BCUT2D eigenvalue weighted by Crippen LogP contribution is 2.42. The third-order valence-corrected chi connectivity index (χ3v) is 9.80. The third-order valence-electron chi connectivity index (χ3n) is 7.91. The summed E-state index contributed by atoms with van der Waals surface area (Å²) in [5, 5.41) is 1.49. The van der Waals surface area contributed by atoms with Gasteiger partial charge in [0, 0.05) is 73.4 Å². The summed E-state index contributed by atoms with van der Waals surface area (Å²) in [6.45, 7) is 0.844. The molecule has 7 nitrogen and oxygen atoms in total. The SMILES string of the molecule is CN(C)c1cccc2c(S(=O)(=O)N3C[C@@H]4C[C@H](C3)c3c(-c5ccc(OC(F)(F)F)cc5)ccc(=O)n3C4)cccc12. The van der Waals surface area contributed by atoms with Gasteiger partial charge in [-0.15, -0.1) is 13.2 Å². The predicted molar refractivity (Wildman–Crippen MR) is 151 cm³/mol. The topological polar surface area (TPSA) is 71.9 Å². The Labute approximate surface area is 235 Å². The first-order valence-corrected chi connectivity index (χ1v) is 14.7. The summed E-state index contributed by atoms with van der Waals surface area (Å²) >= 11 is 0. The molecule has 1 fully saturated rings. The maximum Gasteiger partial charge on any atom is 0.573 e. The van der Waals surface area contributed by atoms with Gasteiger partial charge in [0.1, 0.15) is 5.75 Å². The summed E-state index contributed by atoms with van der Waals surface area (Å²) in [5.74, 6) is -0.663. The number of ether oxygens (including phenoxy) is 1. The lowest BCUT2D eigenvalue weighted by Gasteiger charge is -2.43. The number of fused-ring (bicyclic) bond motifs is 5. The summed E-state index contributed by atoms with van der Waals surface area (Å²) in [7, 11) is -0.0572. The zero-order chi connectivity index (χ0) is 29.1. The van der Waals surface area contributed by atoms with Crippen molar-refractivity contribution < 1.29 is 26.3 Å². The van der Waals surface area contributed by atoms with Crippen molar-refractivity contribution in [2.24, 2.45) is 5.92 Å². The van der Waals surface area contributed by atoms with E-state index < -0.39 is 16.4 Å². The summed E-state index contributed by atoms with van der Waals surface area (Å²) in [4.78, 5) is 15.1. The number of rotatable bonds is 5. The number of sulfonamides is 1. The van der Waals surface area contributed by atoms with E-state index in [1.54, 1.807) is 22.8 Å². The van der Waals surface area contributed by atoms with E-state index in [2.05, 4.69) is 4.74 Å². The van der Waals surface area contributed by atoms with Gasteiger partial charge in [0.2, 0.25) is 10.0 Å². The summed E-state index contributed by atoms with van der Waals surface area (Å²) in [6, 6.07) is 19.5. The molecule has 0 amide bonds. The number of hydrogen-bond donors (Lipinski definition) is 0. The number of piperidine rings is 1. The Morgan fingerprint density at radius 3 is 2.29 bits per heavy atom. The van der Waals surface area contributed by atoms with Crippen LogP contribution in [0.3, 0.4) is 0 Å². The molecule has 0 saturated carbocycles. The molecule has 0 radical (unpaired) electrons. The summed E-state index contributed by atoms with van der Waals surface area (Å²) in [5.41, 5.74) is 2.74. The predicted octanol–water partition coefficient (Wildman–Crippen LogP) is 5.44. The van der Waals surface area contributed by atoms with Crippen molar-refractivity contribution in [1.82, 2.24) is 8.87 Å². The molecule has 0 N–H and O–H groups in total. The Hall–Kier alpha value is -3.83. The van der Waals surface area contributed by atoms with Gasteiger partial charge in [-0.25, -0.2) is 8.42 Å². The number of benzene rings is 3. The molecule has 1 saturated heterocycles. The molecule has 0 unspecified atom stereocenters. The van der Waals surface area contributed by atoms with Crippen LogP contribution in [0.2, 0.25) is 0 Å². The molecule has 214 valence electrons. The van der Waals surface area contributed by atoms with E-state index in [-0.39, 0.29) is 34.6 Å². The quantitative estimate of drug-likeness (QED) is 0.313. The molecule has 2 aliphatic rings. The lowest BCUT2D eigenvalue weighted by molar-refractivity contribution is -0.274. The second kappa shape index (κ2) is 9.92. The van der Waals surface area contributed by atoms with E-state index >= 15 is 0 Å². The van der Waals surface area contributed by atoms with Crippen LogP contribution in [0, 0.1) is 5.92 Å². The van der Waals surface area contributed by atoms with Crippen molar-refractivity contribution in [1.29, 1.82) is 0 Å². The zero-order valence-electron chi connectivity index (χ0n) is 22.4. The zero-order valence-corrected chi connectivity index (χ0v) is 23.2. The number of aromatic nitrogens is 1.